The number of rotatable bonds is 7. The zero-order valence-electron chi connectivity index (χ0n) is 17.6. The van der Waals surface area contributed by atoms with Gasteiger partial charge in [-0.3, -0.25) is 0 Å². The molecule has 0 N–H and O–H groups in total. The highest BCUT2D eigenvalue weighted by Crippen LogP contribution is 2.31. The fourth-order valence-electron chi connectivity index (χ4n) is 4.10. The Bertz CT molecular complexity index is 1100. The molecule has 2 aromatic heterocycles. The van der Waals surface area contributed by atoms with Gasteiger partial charge in [0.1, 0.15) is 5.75 Å². The second-order valence-corrected chi connectivity index (χ2v) is 9.04. The van der Waals surface area contributed by atoms with Gasteiger partial charge in [-0.25, -0.2) is 4.98 Å². The van der Waals surface area contributed by atoms with Crippen LogP contribution in [0.2, 0.25) is 0 Å². The van der Waals surface area contributed by atoms with E-state index in [0.717, 1.165) is 67.1 Å². The van der Waals surface area contributed by atoms with Crippen molar-refractivity contribution in [1.29, 1.82) is 0 Å². The largest absolute Gasteiger partial charge is 0.431 e. The molecule has 1 saturated heterocycles. The van der Waals surface area contributed by atoms with Crippen LogP contribution in [-0.4, -0.2) is 49.7 Å². The second-order valence-electron chi connectivity index (χ2n) is 8.05. The molecule has 8 heteroatoms. The predicted octanol–water partition coefficient (Wildman–Crippen LogP) is 4.42. The zero-order chi connectivity index (χ0) is 21.0. The van der Waals surface area contributed by atoms with Crippen LogP contribution in [0.15, 0.2) is 48.5 Å². The van der Waals surface area contributed by atoms with E-state index in [9.17, 15) is 0 Å². The minimum atomic E-state index is 0.452. The van der Waals surface area contributed by atoms with Crippen LogP contribution in [0.1, 0.15) is 36.6 Å². The molecule has 1 aliphatic heterocycles. The van der Waals surface area contributed by atoms with Crippen LogP contribution in [0.4, 0.5) is 0 Å². The Hall–Kier alpha value is -2.84. The van der Waals surface area contributed by atoms with Gasteiger partial charge in [0.2, 0.25) is 0 Å². The highest BCUT2D eigenvalue weighted by atomic mass is 32.1. The smallest absolute Gasteiger partial charge is 0.279 e. The topological polar surface area (TPSA) is 69.0 Å². The predicted molar refractivity (Wildman–Crippen MR) is 122 cm³/mol. The first-order valence-corrected chi connectivity index (χ1v) is 11.6. The number of likely N-dealkylation sites (tertiary alicyclic amines) is 1. The van der Waals surface area contributed by atoms with Crippen molar-refractivity contribution in [2.24, 2.45) is 7.05 Å². The zero-order valence-corrected chi connectivity index (χ0v) is 18.5. The lowest BCUT2D eigenvalue weighted by molar-refractivity contribution is 0.207. The lowest BCUT2D eigenvalue weighted by Gasteiger charge is -2.30. The molecule has 5 rings (SSSR count). The van der Waals surface area contributed by atoms with E-state index in [-0.39, 0.29) is 0 Å². The lowest BCUT2D eigenvalue weighted by Crippen LogP contribution is -2.34. The molecular formula is C23H26N6OS. The van der Waals surface area contributed by atoms with Crippen LogP contribution in [0.5, 0.6) is 10.9 Å². The summed E-state index contributed by atoms with van der Waals surface area (Å²) in [7, 11) is 1.82. The van der Waals surface area contributed by atoms with Gasteiger partial charge < -0.3 is 9.64 Å². The van der Waals surface area contributed by atoms with E-state index in [1.807, 2.05) is 37.4 Å². The van der Waals surface area contributed by atoms with E-state index in [4.69, 9.17) is 4.74 Å². The third-order valence-corrected chi connectivity index (χ3v) is 6.73. The first kappa shape index (κ1) is 20.1. The third-order valence-electron chi connectivity index (χ3n) is 5.82. The number of ether oxygens (including phenoxy) is 1. The van der Waals surface area contributed by atoms with Crippen molar-refractivity contribution < 1.29 is 4.74 Å². The average Bonchev–Trinajstić information content (AvgIpc) is 3.41. The maximum Gasteiger partial charge on any atom is 0.279 e. The van der Waals surface area contributed by atoms with Gasteiger partial charge in [-0.2, -0.15) is 4.80 Å². The molecule has 0 saturated carbocycles. The summed E-state index contributed by atoms with van der Waals surface area (Å²) in [6.45, 7) is 3.35. The number of hydrogen-bond acceptors (Lipinski definition) is 7. The van der Waals surface area contributed by atoms with E-state index in [2.05, 4.69) is 43.5 Å². The minimum Gasteiger partial charge on any atom is -0.431 e. The van der Waals surface area contributed by atoms with Crippen molar-refractivity contribution >= 4 is 21.6 Å². The van der Waals surface area contributed by atoms with Crippen LogP contribution in [-0.2, 0) is 13.5 Å². The number of fused-ring (bicyclic) bond motifs is 1. The molecule has 0 bridgehead atoms. The number of tetrazole rings is 1. The van der Waals surface area contributed by atoms with E-state index in [1.54, 1.807) is 16.1 Å². The fraction of sp³-hybridized carbons (Fsp3) is 0.391. The molecule has 1 aliphatic rings. The maximum absolute atomic E-state index is 5.95. The Labute approximate surface area is 185 Å². The summed E-state index contributed by atoms with van der Waals surface area (Å²) >= 11 is 1.57. The molecule has 31 heavy (non-hydrogen) atoms. The molecule has 7 nitrogen and oxygen atoms in total. The van der Waals surface area contributed by atoms with Crippen molar-refractivity contribution in [2.75, 3.05) is 19.6 Å². The van der Waals surface area contributed by atoms with Crippen LogP contribution < -0.4 is 4.74 Å². The monoisotopic (exact) mass is 434 g/mol. The van der Waals surface area contributed by atoms with E-state index in [0.29, 0.717) is 11.1 Å². The molecule has 160 valence electrons. The molecular weight excluding hydrogens is 408 g/mol. The number of aromatic nitrogens is 5. The second kappa shape index (κ2) is 9.11. The van der Waals surface area contributed by atoms with Gasteiger partial charge in [0.05, 0.1) is 17.3 Å². The molecule has 4 aromatic rings. The molecule has 1 fully saturated rings. The normalized spacial score (nSPS) is 15.5. The Balaban J connectivity index is 1.07. The van der Waals surface area contributed by atoms with Gasteiger partial charge in [0.15, 0.2) is 5.82 Å². The highest BCUT2D eigenvalue weighted by Gasteiger charge is 2.23. The van der Waals surface area contributed by atoms with E-state index in [1.165, 1.54) is 5.56 Å². The summed E-state index contributed by atoms with van der Waals surface area (Å²) in [6, 6.07) is 16.5. The molecule has 0 spiro atoms. The summed E-state index contributed by atoms with van der Waals surface area (Å²) in [6.07, 6.45) is 4.46. The summed E-state index contributed by atoms with van der Waals surface area (Å²) in [5.74, 6) is 2.19. The summed E-state index contributed by atoms with van der Waals surface area (Å²) in [5.41, 5.74) is 2.33. The number of nitrogens with zero attached hydrogens (tertiary/aromatic N) is 6. The van der Waals surface area contributed by atoms with Crippen molar-refractivity contribution in [3.05, 3.63) is 59.9 Å². The van der Waals surface area contributed by atoms with Crippen LogP contribution in [0, 0.1) is 0 Å². The molecule has 2 aromatic carbocycles. The Morgan fingerprint density at radius 2 is 1.87 bits per heavy atom. The average molecular weight is 435 g/mol. The molecule has 0 amide bonds. The molecule has 0 aliphatic carbocycles. The number of thiazole rings is 1. The Kier molecular flexibility index (Phi) is 5.90. The van der Waals surface area contributed by atoms with Crippen molar-refractivity contribution in [1.82, 2.24) is 30.1 Å². The van der Waals surface area contributed by atoms with Crippen LogP contribution in [0.25, 0.3) is 10.2 Å². The number of para-hydroxylation sites is 1. The van der Waals surface area contributed by atoms with Gasteiger partial charge in [-0.05, 0) is 80.4 Å². The van der Waals surface area contributed by atoms with Crippen LogP contribution >= 0.6 is 11.3 Å². The third kappa shape index (κ3) is 4.91. The summed E-state index contributed by atoms with van der Waals surface area (Å²) in [4.78, 5) is 8.64. The van der Waals surface area contributed by atoms with Crippen molar-refractivity contribution in [3.8, 4) is 10.9 Å². The number of hydrogen-bond donors (Lipinski definition) is 0. The van der Waals surface area contributed by atoms with Crippen LogP contribution in [0.3, 0.4) is 0 Å². The van der Waals surface area contributed by atoms with Crippen molar-refractivity contribution in [3.63, 3.8) is 0 Å². The standard InChI is InChI=1S/C23H26N6OS/c1-28-26-22(25-27-28)18-12-15-29(16-13-18)14-4-5-17-8-10-19(11-9-17)30-23-24-20-6-2-3-7-21(20)31-23/h2-3,6-11,18H,4-5,12-16H2,1H3. The molecule has 0 radical (unpaired) electrons. The van der Waals surface area contributed by atoms with Gasteiger partial charge in [0, 0.05) is 5.92 Å². The number of aryl methyl sites for hydroxylation is 2. The van der Waals surface area contributed by atoms with Gasteiger partial charge in [-0.15, -0.1) is 10.2 Å². The first-order chi connectivity index (χ1) is 15.2. The Morgan fingerprint density at radius 3 is 2.61 bits per heavy atom. The summed E-state index contributed by atoms with van der Waals surface area (Å²) in [5, 5.41) is 13.2. The SMILES string of the molecule is Cn1nnc(C2CCN(CCCc3ccc(Oc4nc5ccccc5s4)cc3)CC2)n1. The molecule has 0 atom stereocenters. The van der Waals surface area contributed by atoms with E-state index < -0.39 is 0 Å². The Morgan fingerprint density at radius 1 is 1.06 bits per heavy atom. The van der Waals surface area contributed by atoms with Gasteiger partial charge in [0.25, 0.3) is 5.19 Å². The maximum atomic E-state index is 5.95. The lowest BCUT2D eigenvalue weighted by atomic mass is 9.96. The van der Waals surface area contributed by atoms with Gasteiger partial charge in [-0.1, -0.05) is 35.6 Å². The molecule has 0 unspecified atom stereocenters. The number of piperidine rings is 1. The minimum absolute atomic E-state index is 0.452. The fourth-order valence-corrected chi connectivity index (χ4v) is 4.94. The quantitative estimate of drug-likeness (QED) is 0.429. The molecule has 3 heterocycles. The first-order valence-electron chi connectivity index (χ1n) is 10.8. The van der Waals surface area contributed by atoms with E-state index >= 15 is 0 Å². The van der Waals surface area contributed by atoms with Crippen molar-refractivity contribution in [2.45, 2.75) is 31.6 Å². The highest BCUT2D eigenvalue weighted by molar-refractivity contribution is 7.20. The number of benzene rings is 2. The van der Waals surface area contributed by atoms with Gasteiger partial charge >= 0.3 is 0 Å². The summed E-state index contributed by atoms with van der Waals surface area (Å²) < 4.78 is 7.09.